The van der Waals surface area contributed by atoms with E-state index in [1.807, 2.05) is 19.5 Å². The summed E-state index contributed by atoms with van der Waals surface area (Å²) in [5.74, 6) is 1.03. The van der Waals surface area contributed by atoms with Crippen LogP contribution in [0.1, 0.15) is 13.8 Å². The predicted molar refractivity (Wildman–Crippen MR) is 66.5 cm³/mol. The van der Waals surface area contributed by atoms with E-state index in [-0.39, 0.29) is 10.8 Å². The molecule has 0 aromatic heterocycles. The zero-order valence-corrected chi connectivity index (χ0v) is 9.78. The third-order valence-electron chi connectivity index (χ3n) is 4.26. The maximum atomic E-state index is 4.37. The molecule has 16 heavy (non-hydrogen) atoms. The first-order valence-electron chi connectivity index (χ1n) is 5.51. The number of nitrogens with zero attached hydrogens (tertiary/aromatic N) is 2. The molecule has 1 fully saturated rings. The zero-order valence-electron chi connectivity index (χ0n) is 9.78. The maximum absolute atomic E-state index is 4.37. The van der Waals surface area contributed by atoms with E-state index < -0.39 is 0 Å². The summed E-state index contributed by atoms with van der Waals surface area (Å²) in [6, 6.07) is 0. The molecule has 3 rings (SSSR count). The Morgan fingerprint density at radius 3 is 2.94 bits per heavy atom. The molecule has 1 N–H and O–H groups in total. The van der Waals surface area contributed by atoms with Crippen molar-refractivity contribution in [1.29, 1.82) is 0 Å². The van der Waals surface area contributed by atoms with Crippen molar-refractivity contribution >= 4 is 12.1 Å². The molecule has 2 atom stereocenters. The standard InChI is InChI=1S/C13H15N3/c1-12-6-4-9-5-7-15-8-10(13(9,12)2)16-11(12)14-3/h4-8H,1-3H3,(H,14,16). The van der Waals surface area contributed by atoms with E-state index in [0.717, 1.165) is 11.5 Å². The van der Waals surface area contributed by atoms with Crippen LogP contribution >= 0.6 is 0 Å². The molecule has 3 nitrogen and oxygen atoms in total. The largest absolute Gasteiger partial charge is 0.345 e. The van der Waals surface area contributed by atoms with Gasteiger partial charge in [-0.25, -0.2) is 0 Å². The molecule has 2 heterocycles. The van der Waals surface area contributed by atoms with Crippen molar-refractivity contribution in [2.75, 3.05) is 7.05 Å². The van der Waals surface area contributed by atoms with Gasteiger partial charge in [-0.3, -0.25) is 9.98 Å². The van der Waals surface area contributed by atoms with Crippen molar-refractivity contribution in [3.63, 3.8) is 0 Å². The predicted octanol–water partition coefficient (Wildman–Crippen LogP) is 2.05. The number of aliphatic imine (C=N–C) groups is 2. The van der Waals surface area contributed by atoms with Gasteiger partial charge in [-0.2, -0.15) is 0 Å². The number of hydrogen-bond acceptors (Lipinski definition) is 2. The Morgan fingerprint density at radius 1 is 1.38 bits per heavy atom. The van der Waals surface area contributed by atoms with Gasteiger partial charge in [-0.05, 0) is 25.5 Å². The number of amidine groups is 1. The average Bonchev–Trinajstić information content (AvgIpc) is 2.56. The van der Waals surface area contributed by atoms with Crippen LogP contribution < -0.4 is 5.32 Å². The molecule has 82 valence electrons. The molecule has 0 aromatic rings. The molecule has 0 aromatic carbocycles. The first-order valence-corrected chi connectivity index (χ1v) is 5.51. The summed E-state index contributed by atoms with van der Waals surface area (Å²) in [7, 11) is 1.83. The van der Waals surface area contributed by atoms with E-state index in [2.05, 4.69) is 47.4 Å². The second-order valence-corrected chi connectivity index (χ2v) is 4.82. The second-order valence-electron chi connectivity index (χ2n) is 4.82. The topological polar surface area (TPSA) is 36.8 Å². The van der Waals surface area contributed by atoms with Crippen molar-refractivity contribution in [2.24, 2.45) is 20.8 Å². The van der Waals surface area contributed by atoms with Crippen molar-refractivity contribution in [1.82, 2.24) is 5.32 Å². The molecule has 1 saturated heterocycles. The maximum Gasteiger partial charge on any atom is 0.111 e. The van der Waals surface area contributed by atoms with Gasteiger partial charge in [-0.1, -0.05) is 12.2 Å². The number of rotatable bonds is 0. The summed E-state index contributed by atoms with van der Waals surface area (Å²) in [4.78, 5) is 8.64. The summed E-state index contributed by atoms with van der Waals surface area (Å²) in [6.45, 7) is 4.48. The van der Waals surface area contributed by atoms with Gasteiger partial charge in [0.2, 0.25) is 0 Å². The molecular formula is C13H15N3. The van der Waals surface area contributed by atoms with Crippen LogP contribution in [0.25, 0.3) is 0 Å². The lowest BCUT2D eigenvalue weighted by molar-refractivity contribution is 0.351. The summed E-state index contributed by atoms with van der Waals surface area (Å²) in [6.07, 6.45) is 10.3. The van der Waals surface area contributed by atoms with E-state index in [4.69, 9.17) is 0 Å². The van der Waals surface area contributed by atoms with Crippen LogP contribution in [0.4, 0.5) is 0 Å². The van der Waals surface area contributed by atoms with Gasteiger partial charge in [0.05, 0.1) is 5.41 Å². The second kappa shape index (κ2) is 2.73. The number of allylic oxidation sites excluding steroid dienone is 3. The summed E-state index contributed by atoms with van der Waals surface area (Å²) < 4.78 is 0. The first kappa shape index (κ1) is 9.58. The van der Waals surface area contributed by atoms with Crippen LogP contribution in [0.2, 0.25) is 0 Å². The Morgan fingerprint density at radius 2 is 2.19 bits per heavy atom. The van der Waals surface area contributed by atoms with E-state index in [0.29, 0.717) is 0 Å². The fraction of sp³-hybridized carbons (Fsp3) is 0.385. The summed E-state index contributed by atoms with van der Waals surface area (Å²) in [5, 5.41) is 3.40. The molecule has 0 bridgehead atoms. The first-order chi connectivity index (χ1) is 7.63. The van der Waals surface area contributed by atoms with E-state index in [1.54, 1.807) is 0 Å². The fourth-order valence-electron chi connectivity index (χ4n) is 2.94. The summed E-state index contributed by atoms with van der Waals surface area (Å²) in [5.41, 5.74) is 2.33. The lowest BCUT2D eigenvalue weighted by Crippen LogP contribution is -2.34. The van der Waals surface area contributed by atoms with Crippen molar-refractivity contribution in [2.45, 2.75) is 13.8 Å². The van der Waals surface area contributed by atoms with Crippen LogP contribution in [-0.2, 0) is 0 Å². The van der Waals surface area contributed by atoms with Crippen LogP contribution in [0.3, 0.4) is 0 Å². The van der Waals surface area contributed by atoms with Crippen LogP contribution in [-0.4, -0.2) is 19.1 Å². The minimum atomic E-state index is -0.0624. The third-order valence-corrected chi connectivity index (χ3v) is 4.26. The highest BCUT2D eigenvalue weighted by molar-refractivity contribution is 5.98. The van der Waals surface area contributed by atoms with E-state index in [1.165, 1.54) is 5.57 Å². The molecule has 2 unspecified atom stereocenters. The van der Waals surface area contributed by atoms with Gasteiger partial charge >= 0.3 is 0 Å². The van der Waals surface area contributed by atoms with Crippen molar-refractivity contribution in [3.05, 3.63) is 35.7 Å². The average molecular weight is 213 g/mol. The molecule has 0 radical (unpaired) electrons. The SMILES string of the molecule is CN=C1NC2=CN=CC=C3C=CC1(C)C32C. The van der Waals surface area contributed by atoms with Gasteiger partial charge in [0.15, 0.2) is 0 Å². The molecule has 3 heteroatoms. The smallest absolute Gasteiger partial charge is 0.111 e. The van der Waals surface area contributed by atoms with Crippen molar-refractivity contribution < 1.29 is 0 Å². The minimum Gasteiger partial charge on any atom is -0.345 e. The molecule has 2 aliphatic heterocycles. The van der Waals surface area contributed by atoms with Crippen LogP contribution in [0.5, 0.6) is 0 Å². The highest BCUT2D eigenvalue weighted by atomic mass is 15.1. The highest BCUT2D eigenvalue weighted by Crippen LogP contribution is 2.59. The number of hydrogen-bond donors (Lipinski definition) is 1. The quantitative estimate of drug-likeness (QED) is 0.657. The lowest BCUT2D eigenvalue weighted by atomic mass is 9.66. The molecule has 0 spiro atoms. The molecule has 1 aliphatic carbocycles. The third kappa shape index (κ3) is 0.811. The number of nitrogens with one attached hydrogen (secondary N) is 1. The van der Waals surface area contributed by atoms with Crippen molar-refractivity contribution in [3.8, 4) is 0 Å². The zero-order chi connectivity index (χ0) is 11.4. The van der Waals surface area contributed by atoms with Crippen LogP contribution in [0, 0.1) is 10.8 Å². The van der Waals surface area contributed by atoms with Gasteiger partial charge in [-0.15, -0.1) is 0 Å². The minimum absolute atomic E-state index is 0.0433. The lowest BCUT2D eigenvalue weighted by Gasteiger charge is -2.33. The summed E-state index contributed by atoms with van der Waals surface area (Å²) >= 11 is 0. The Hall–Kier alpha value is -1.64. The Balaban J connectivity index is 2.32. The fourth-order valence-corrected chi connectivity index (χ4v) is 2.94. The van der Waals surface area contributed by atoms with Gasteiger partial charge in [0, 0.05) is 30.6 Å². The molecule has 0 amide bonds. The highest BCUT2D eigenvalue weighted by Gasteiger charge is 2.59. The van der Waals surface area contributed by atoms with E-state index >= 15 is 0 Å². The molecular weight excluding hydrogens is 198 g/mol. The van der Waals surface area contributed by atoms with Gasteiger partial charge < -0.3 is 5.32 Å². The van der Waals surface area contributed by atoms with Gasteiger partial charge in [0.25, 0.3) is 0 Å². The molecule has 0 saturated carbocycles. The van der Waals surface area contributed by atoms with Crippen LogP contribution in [0.15, 0.2) is 45.7 Å². The Labute approximate surface area is 95.4 Å². The molecule has 3 aliphatic rings. The Bertz CT molecular complexity index is 507. The van der Waals surface area contributed by atoms with Gasteiger partial charge in [0.1, 0.15) is 5.84 Å². The normalized spacial score (nSPS) is 41.6. The van der Waals surface area contributed by atoms with E-state index in [9.17, 15) is 0 Å². The monoisotopic (exact) mass is 213 g/mol. The Kier molecular flexibility index (Phi) is 1.63.